The van der Waals surface area contributed by atoms with Crippen molar-refractivity contribution in [3.63, 3.8) is 0 Å². The molecule has 0 heterocycles. The molecule has 0 aliphatic rings. The van der Waals surface area contributed by atoms with Gasteiger partial charge in [0.25, 0.3) is 0 Å². The molecule has 0 rings (SSSR count). The maximum atomic E-state index is 7.57. The monoisotopic (exact) mass is 163 g/mol. The molecule has 0 aromatic rings. The van der Waals surface area contributed by atoms with E-state index in [1.165, 1.54) is 32.1 Å². The molecule has 0 aliphatic heterocycles. The molecule has 0 aromatic carbocycles. The smallest absolute Gasteiger partial charge is 1.00 e. The Morgan fingerprint density at radius 1 is 1.00 bits per heavy atom. The normalized spacial score (nSPS) is 9.17. The Balaban J connectivity index is -0.000000500. The van der Waals surface area contributed by atoms with Gasteiger partial charge in [-0.2, -0.15) is 0 Å². The summed E-state index contributed by atoms with van der Waals surface area (Å²) in [6, 6.07) is 0. The molecule has 0 aromatic heterocycles. The van der Waals surface area contributed by atoms with Crippen LogP contribution in [-0.2, 0) is 0 Å². The molecular formula is C10H22LiN. The molecule has 0 bridgehead atoms. The molecule has 2 heteroatoms. The minimum Gasteiger partial charge on any atom is -1.00 e. The van der Waals surface area contributed by atoms with Gasteiger partial charge in [0.05, 0.1) is 0 Å². The maximum absolute atomic E-state index is 7.57. The third kappa shape index (κ3) is 10.3. The second-order valence-corrected chi connectivity index (χ2v) is 3.16. The first kappa shape index (κ1) is 14.8. The van der Waals surface area contributed by atoms with Crippen LogP contribution in [0.25, 0.3) is 0 Å². The van der Waals surface area contributed by atoms with Gasteiger partial charge in [0, 0.05) is 5.71 Å². The Bertz CT molecular complexity index is 107. The van der Waals surface area contributed by atoms with Crippen molar-refractivity contribution in [2.75, 3.05) is 0 Å². The van der Waals surface area contributed by atoms with Gasteiger partial charge in [0.1, 0.15) is 0 Å². The average Bonchev–Trinajstić information content (AvgIpc) is 2.01. The summed E-state index contributed by atoms with van der Waals surface area (Å²) < 4.78 is 0. The van der Waals surface area contributed by atoms with E-state index in [1.54, 1.807) is 0 Å². The fourth-order valence-corrected chi connectivity index (χ4v) is 1.10. The Kier molecular flexibility index (Phi) is 13.9. The Hall–Kier alpha value is 0.267. The van der Waals surface area contributed by atoms with Crippen LogP contribution in [0.15, 0.2) is 0 Å². The maximum Gasteiger partial charge on any atom is 1.00 e. The van der Waals surface area contributed by atoms with Gasteiger partial charge >= 0.3 is 18.9 Å². The fourth-order valence-electron chi connectivity index (χ4n) is 1.10. The van der Waals surface area contributed by atoms with Crippen LogP contribution in [0.3, 0.4) is 0 Å². The number of rotatable bonds is 7. The van der Waals surface area contributed by atoms with Gasteiger partial charge in [-0.05, 0) is 25.7 Å². The zero-order chi connectivity index (χ0) is 8.53. The molecule has 0 saturated heterocycles. The second-order valence-electron chi connectivity index (χ2n) is 3.16. The van der Waals surface area contributed by atoms with E-state index in [2.05, 4.69) is 13.8 Å². The summed E-state index contributed by atoms with van der Waals surface area (Å²) in [7, 11) is 0. The topological polar surface area (TPSA) is 23.9 Å². The summed E-state index contributed by atoms with van der Waals surface area (Å²) in [6.07, 6.45) is 8.25. The van der Waals surface area contributed by atoms with Gasteiger partial charge in [-0.15, -0.1) is 0 Å². The van der Waals surface area contributed by atoms with Crippen LogP contribution in [0.1, 0.15) is 60.2 Å². The Labute approximate surface area is 90.5 Å². The van der Waals surface area contributed by atoms with Crippen molar-refractivity contribution in [2.24, 2.45) is 0 Å². The van der Waals surface area contributed by atoms with Crippen molar-refractivity contribution in [1.82, 2.24) is 0 Å². The van der Waals surface area contributed by atoms with Crippen LogP contribution in [0, 0.1) is 5.41 Å². The van der Waals surface area contributed by atoms with Gasteiger partial charge in [0.15, 0.2) is 0 Å². The van der Waals surface area contributed by atoms with Crippen LogP contribution in [-0.4, -0.2) is 5.71 Å². The number of hydrogen-bond acceptors (Lipinski definition) is 1. The van der Waals surface area contributed by atoms with Gasteiger partial charge in [-0.25, -0.2) is 0 Å². The minimum absolute atomic E-state index is 0. The van der Waals surface area contributed by atoms with E-state index in [-0.39, 0.29) is 20.3 Å². The zero-order valence-electron chi connectivity index (χ0n) is 9.95. The molecule has 68 valence electrons. The van der Waals surface area contributed by atoms with E-state index >= 15 is 0 Å². The largest absolute Gasteiger partial charge is 1.00 e. The summed E-state index contributed by atoms with van der Waals surface area (Å²) in [6.45, 7) is 4.38. The molecule has 0 spiro atoms. The quantitative estimate of drug-likeness (QED) is 0.327. The standard InChI is InChI=1S/C10H21N.Li.H/c1-3-5-7-9-10(11)8-6-4-2;;/h11H,3-9H2,1-2H3;;/q;+1;-1. The summed E-state index contributed by atoms with van der Waals surface area (Å²) in [4.78, 5) is 0. The molecule has 0 fully saturated rings. The average molecular weight is 163 g/mol. The van der Waals surface area contributed by atoms with Crippen molar-refractivity contribution in [1.29, 1.82) is 5.41 Å². The third-order valence-corrected chi connectivity index (χ3v) is 1.91. The minimum atomic E-state index is 0. The molecule has 1 N–H and O–H groups in total. The van der Waals surface area contributed by atoms with Crippen LogP contribution >= 0.6 is 0 Å². The fraction of sp³-hybridized carbons (Fsp3) is 0.900. The first-order chi connectivity index (χ1) is 5.31. The molecule has 12 heavy (non-hydrogen) atoms. The summed E-state index contributed by atoms with van der Waals surface area (Å²) in [5, 5.41) is 7.57. The van der Waals surface area contributed by atoms with Gasteiger partial charge < -0.3 is 6.84 Å². The van der Waals surface area contributed by atoms with E-state index in [9.17, 15) is 0 Å². The molecular weight excluding hydrogens is 141 g/mol. The van der Waals surface area contributed by atoms with Crippen molar-refractivity contribution >= 4 is 5.71 Å². The molecule has 0 saturated carbocycles. The van der Waals surface area contributed by atoms with Gasteiger partial charge in [-0.1, -0.05) is 33.1 Å². The van der Waals surface area contributed by atoms with E-state index in [1.807, 2.05) is 0 Å². The van der Waals surface area contributed by atoms with Crippen molar-refractivity contribution in [2.45, 2.75) is 58.8 Å². The number of nitrogens with one attached hydrogen (secondary N) is 1. The molecule has 0 unspecified atom stereocenters. The third-order valence-electron chi connectivity index (χ3n) is 1.91. The first-order valence-electron chi connectivity index (χ1n) is 4.87. The van der Waals surface area contributed by atoms with E-state index < -0.39 is 0 Å². The van der Waals surface area contributed by atoms with Gasteiger partial charge in [0.2, 0.25) is 0 Å². The Morgan fingerprint density at radius 3 is 2.00 bits per heavy atom. The Morgan fingerprint density at radius 2 is 1.50 bits per heavy atom. The molecule has 0 amide bonds. The van der Waals surface area contributed by atoms with Crippen molar-refractivity contribution in [3.05, 3.63) is 0 Å². The van der Waals surface area contributed by atoms with Crippen molar-refractivity contribution < 1.29 is 20.3 Å². The number of hydrogen-bond donors (Lipinski definition) is 1. The van der Waals surface area contributed by atoms with Crippen molar-refractivity contribution in [3.8, 4) is 0 Å². The molecule has 0 radical (unpaired) electrons. The predicted molar refractivity (Wildman–Crippen MR) is 52.5 cm³/mol. The van der Waals surface area contributed by atoms with Gasteiger partial charge in [-0.3, -0.25) is 0 Å². The summed E-state index contributed by atoms with van der Waals surface area (Å²) in [5.41, 5.74) is 0.959. The predicted octanol–water partition coefficient (Wildman–Crippen LogP) is 0.893. The summed E-state index contributed by atoms with van der Waals surface area (Å²) in [5.74, 6) is 0. The second kappa shape index (κ2) is 11.3. The SMILES string of the molecule is CCCCCC(=N)CCCC.[H-].[Li+]. The van der Waals surface area contributed by atoms with Crippen LogP contribution in [0.2, 0.25) is 0 Å². The molecule has 0 aliphatic carbocycles. The van der Waals surface area contributed by atoms with E-state index in [4.69, 9.17) is 5.41 Å². The number of unbranched alkanes of at least 4 members (excludes halogenated alkanes) is 3. The first-order valence-corrected chi connectivity index (χ1v) is 4.87. The van der Waals surface area contributed by atoms with E-state index in [0.29, 0.717) is 0 Å². The molecule has 0 atom stereocenters. The van der Waals surface area contributed by atoms with Crippen LogP contribution in [0.4, 0.5) is 0 Å². The van der Waals surface area contributed by atoms with Crippen LogP contribution < -0.4 is 18.9 Å². The molecule has 1 nitrogen and oxygen atoms in total. The zero-order valence-corrected chi connectivity index (χ0v) is 8.95. The van der Waals surface area contributed by atoms with Crippen LogP contribution in [0.5, 0.6) is 0 Å². The summed E-state index contributed by atoms with van der Waals surface area (Å²) >= 11 is 0. The van der Waals surface area contributed by atoms with E-state index in [0.717, 1.165) is 18.6 Å².